The Morgan fingerprint density at radius 3 is 2.33 bits per heavy atom. The van der Waals surface area contributed by atoms with Gasteiger partial charge in [-0.1, -0.05) is 6.08 Å². The van der Waals surface area contributed by atoms with Gasteiger partial charge in [-0.25, -0.2) is 0 Å². The third-order valence-electron chi connectivity index (χ3n) is 3.15. The number of carbonyl (C=O) groups is 2. The summed E-state index contributed by atoms with van der Waals surface area (Å²) in [5, 5.41) is 9.19. The molecule has 0 saturated carbocycles. The second-order valence-corrected chi connectivity index (χ2v) is 4.08. The maximum Gasteiger partial charge on any atom is 0.310 e. The predicted octanol–water partition coefficient (Wildman–Crippen LogP) is 1.28. The summed E-state index contributed by atoms with van der Waals surface area (Å²) in [4.78, 5) is 24.0. The first-order chi connectivity index (χ1) is 7.02. The molecule has 1 aliphatic heterocycles. The van der Waals surface area contributed by atoms with E-state index in [0.717, 1.165) is 0 Å². The van der Waals surface area contributed by atoms with E-state index < -0.39 is 11.4 Å². The van der Waals surface area contributed by atoms with E-state index in [2.05, 4.69) is 6.58 Å². The normalized spacial score (nSPS) is 19.7. The number of aliphatic carboxylic acids is 1. The van der Waals surface area contributed by atoms with E-state index in [9.17, 15) is 14.7 Å². The molecule has 0 bridgehead atoms. The van der Waals surface area contributed by atoms with Gasteiger partial charge in [0, 0.05) is 20.0 Å². The summed E-state index contributed by atoms with van der Waals surface area (Å²) in [5.74, 6) is -0.752. The van der Waals surface area contributed by atoms with Crippen molar-refractivity contribution in [3.8, 4) is 0 Å². The van der Waals surface area contributed by atoms with Gasteiger partial charge in [0.1, 0.15) is 0 Å². The highest BCUT2D eigenvalue weighted by atomic mass is 16.4. The third-order valence-corrected chi connectivity index (χ3v) is 3.15. The quantitative estimate of drug-likeness (QED) is 0.715. The molecule has 0 radical (unpaired) electrons. The second-order valence-electron chi connectivity index (χ2n) is 4.08. The number of hydrogen-bond acceptors (Lipinski definition) is 2. The van der Waals surface area contributed by atoms with Crippen LogP contribution in [0.2, 0.25) is 0 Å². The molecule has 4 nitrogen and oxygen atoms in total. The lowest BCUT2D eigenvalue weighted by molar-refractivity contribution is -0.153. The van der Waals surface area contributed by atoms with E-state index >= 15 is 0 Å². The first-order valence-corrected chi connectivity index (χ1v) is 5.12. The van der Waals surface area contributed by atoms with Gasteiger partial charge >= 0.3 is 5.97 Å². The van der Waals surface area contributed by atoms with Crippen molar-refractivity contribution in [1.82, 2.24) is 4.90 Å². The van der Waals surface area contributed by atoms with Gasteiger partial charge in [-0.15, -0.1) is 6.58 Å². The lowest BCUT2D eigenvalue weighted by atomic mass is 9.76. The third kappa shape index (κ3) is 2.37. The summed E-state index contributed by atoms with van der Waals surface area (Å²) in [7, 11) is 0. The van der Waals surface area contributed by atoms with Gasteiger partial charge in [-0.2, -0.15) is 0 Å². The zero-order valence-electron chi connectivity index (χ0n) is 9.03. The van der Waals surface area contributed by atoms with Crippen LogP contribution >= 0.6 is 0 Å². The first-order valence-electron chi connectivity index (χ1n) is 5.12. The van der Waals surface area contributed by atoms with Crippen LogP contribution in [0.5, 0.6) is 0 Å². The number of carboxylic acids is 1. The van der Waals surface area contributed by atoms with Crippen molar-refractivity contribution in [2.24, 2.45) is 5.41 Å². The standard InChI is InChI=1S/C11H17NO3/c1-3-4-11(10(14)15)5-7-12(8-6-11)9(2)13/h3H,1,4-8H2,2H3,(H,14,15). The Bertz CT molecular complexity index is 278. The van der Waals surface area contributed by atoms with Gasteiger partial charge in [0.05, 0.1) is 5.41 Å². The molecule has 0 atom stereocenters. The van der Waals surface area contributed by atoms with Gasteiger partial charge in [0.15, 0.2) is 0 Å². The Morgan fingerprint density at radius 2 is 2.00 bits per heavy atom. The van der Waals surface area contributed by atoms with Crippen LogP contribution in [0.15, 0.2) is 12.7 Å². The number of likely N-dealkylation sites (tertiary alicyclic amines) is 1. The molecule has 0 aromatic heterocycles. The monoisotopic (exact) mass is 211 g/mol. The van der Waals surface area contributed by atoms with E-state index in [1.807, 2.05) is 0 Å². The van der Waals surface area contributed by atoms with E-state index in [-0.39, 0.29) is 5.91 Å². The van der Waals surface area contributed by atoms with Gasteiger partial charge < -0.3 is 10.0 Å². The summed E-state index contributed by atoms with van der Waals surface area (Å²) in [6.45, 7) is 6.18. The molecule has 0 aromatic rings. The number of nitrogens with zero attached hydrogens (tertiary/aromatic N) is 1. The highest BCUT2D eigenvalue weighted by molar-refractivity contribution is 5.77. The lowest BCUT2D eigenvalue weighted by Crippen LogP contribution is -2.45. The average Bonchev–Trinajstić information content (AvgIpc) is 2.18. The van der Waals surface area contributed by atoms with Crippen molar-refractivity contribution < 1.29 is 14.7 Å². The SMILES string of the molecule is C=CCC1(C(=O)O)CCN(C(C)=O)CC1. The molecule has 1 amide bonds. The van der Waals surface area contributed by atoms with Crippen LogP contribution < -0.4 is 0 Å². The summed E-state index contributed by atoms with van der Waals surface area (Å²) in [6.07, 6.45) is 3.17. The van der Waals surface area contributed by atoms with E-state index in [1.165, 1.54) is 6.92 Å². The van der Waals surface area contributed by atoms with Crippen LogP contribution in [0, 0.1) is 5.41 Å². The average molecular weight is 211 g/mol. The fourth-order valence-corrected chi connectivity index (χ4v) is 2.03. The minimum atomic E-state index is -0.773. The Morgan fingerprint density at radius 1 is 1.47 bits per heavy atom. The molecule has 1 fully saturated rings. The fourth-order valence-electron chi connectivity index (χ4n) is 2.03. The number of rotatable bonds is 3. The van der Waals surface area contributed by atoms with Crippen LogP contribution in [-0.2, 0) is 9.59 Å². The molecule has 1 N–H and O–H groups in total. The molecule has 0 aliphatic carbocycles. The van der Waals surface area contributed by atoms with Crippen LogP contribution in [0.3, 0.4) is 0 Å². The zero-order valence-corrected chi connectivity index (χ0v) is 9.03. The Hall–Kier alpha value is -1.32. The van der Waals surface area contributed by atoms with Crippen molar-refractivity contribution in [2.75, 3.05) is 13.1 Å². The molecular weight excluding hydrogens is 194 g/mol. The van der Waals surface area contributed by atoms with Crippen molar-refractivity contribution in [1.29, 1.82) is 0 Å². The number of piperidine rings is 1. The van der Waals surface area contributed by atoms with Gasteiger partial charge in [0.25, 0.3) is 0 Å². The topological polar surface area (TPSA) is 57.6 Å². The molecular formula is C11H17NO3. The molecule has 15 heavy (non-hydrogen) atoms. The van der Waals surface area contributed by atoms with Crippen LogP contribution in [0.1, 0.15) is 26.2 Å². The second kappa shape index (κ2) is 4.47. The molecule has 1 aliphatic rings. The first kappa shape index (κ1) is 11.8. The van der Waals surface area contributed by atoms with Crippen molar-refractivity contribution in [3.05, 3.63) is 12.7 Å². The molecule has 1 saturated heterocycles. The number of carbonyl (C=O) groups excluding carboxylic acids is 1. The number of allylic oxidation sites excluding steroid dienone is 1. The highest BCUT2D eigenvalue weighted by Crippen LogP contribution is 2.35. The zero-order chi connectivity index (χ0) is 11.5. The largest absolute Gasteiger partial charge is 0.481 e. The van der Waals surface area contributed by atoms with Crippen LogP contribution in [0.25, 0.3) is 0 Å². The number of amides is 1. The molecule has 4 heteroatoms. The predicted molar refractivity (Wildman–Crippen MR) is 56.4 cm³/mol. The molecule has 1 heterocycles. The summed E-state index contributed by atoms with van der Waals surface area (Å²) >= 11 is 0. The van der Waals surface area contributed by atoms with Crippen LogP contribution in [0.4, 0.5) is 0 Å². The van der Waals surface area contributed by atoms with Crippen molar-refractivity contribution in [3.63, 3.8) is 0 Å². The van der Waals surface area contributed by atoms with Crippen LogP contribution in [-0.4, -0.2) is 35.0 Å². The Labute approximate surface area is 89.6 Å². The van der Waals surface area contributed by atoms with Gasteiger partial charge in [0.2, 0.25) is 5.91 Å². The molecule has 0 aromatic carbocycles. The molecule has 1 rings (SSSR count). The van der Waals surface area contributed by atoms with Gasteiger partial charge in [-0.05, 0) is 19.3 Å². The minimum Gasteiger partial charge on any atom is -0.481 e. The summed E-state index contributed by atoms with van der Waals surface area (Å²) < 4.78 is 0. The number of carboxylic acid groups (broad SMARTS) is 1. The summed E-state index contributed by atoms with van der Waals surface area (Å²) in [6, 6.07) is 0. The van der Waals surface area contributed by atoms with Crippen molar-refractivity contribution >= 4 is 11.9 Å². The molecule has 0 spiro atoms. The fraction of sp³-hybridized carbons (Fsp3) is 0.636. The van der Waals surface area contributed by atoms with Crippen molar-refractivity contribution in [2.45, 2.75) is 26.2 Å². The highest BCUT2D eigenvalue weighted by Gasteiger charge is 2.40. The Balaban J connectivity index is 2.69. The maximum absolute atomic E-state index is 11.2. The minimum absolute atomic E-state index is 0.0209. The Kier molecular flexibility index (Phi) is 3.50. The molecule has 84 valence electrons. The van der Waals surface area contributed by atoms with E-state index in [0.29, 0.717) is 32.4 Å². The van der Waals surface area contributed by atoms with E-state index in [1.54, 1.807) is 11.0 Å². The lowest BCUT2D eigenvalue weighted by Gasteiger charge is -2.37. The smallest absolute Gasteiger partial charge is 0.310 e. The number of hydrogen-bond donors (Lipinski definition) is 1. The molecule has 0 unspecified atom stereocenters. The summed E-state index contributed by atoms with van der Waals surface area (Å²) in [5.41, 5.74) is -0.701. The van der Waals surface area contributed by atoms with E-state index in [4.69, 9.17) is 0 Å². The maximum atomic E-state index is 11.2. The van der Waals surface area contributed by atoms with Gasteiger partial charge in [-0.3, -0.25) is 9.59 Å².